The van der Waals surface area contributed by atoms with Crippen molar-refractivity contribution in [2.45, 2.75) is 27.2 Å². The SMILES string of the molecule is CCC1([C@H]2[C@H](CN)C2(C)C)COC1. The summed E-state index contributed by atoms with van der Waals surface area (Å²) in [5.41, 5.74) is 6.74. The molecule has 0 spiro atoms. The van der Waals surface area contributed by atoms with Gasteiger partial charge in [-0.15, -0.1) is 0 Å². The Kier molecular flexibility index (Phi) is 1.97. The number of hydrogen-bond donors (Lipinski definition) is 1. The zero-order chi connectivity index (χ0) is 9.69. The number of nitrogens with two attached hydrogens (primary N) is 1. The van der Waals surface area contributed by atoms with Crippen molar-refractivity contribution in [3.63, 3.8) is 0 Å². The molecule has 2 heteroatoms. The molecule has 0 aromatic carbocycles. The summed E-state index contributed by atoms with van der Waals surface area (Å²) in [6.07, 6.45) is 1.25. The molecular weight excluding hydrogens is 162 g/mol. The molecule has 2 rings (SSSR count). The van der Waals surface area contributed by atoms with Crippen LogP contribution in [0.1, 0.15) is 27.2 Å². The normalized spacial score (nSPS) is 39.7. The highest BCUT2D eigenvalue weighted by Crippen LogP contribution is 2.67. The lowest BCUT2D eigenvalue weighted by molar-refractivity contribution is -0.135. The Morgan fingerprint density at radius 1 is 1.38 bits per heavy atom. The molecule has 0 unspecified atom stereocenters. The zero-order valence-corrected chi connectivity index (χ0v) is 8.97. The Bertz CT molecular complexity index is 203. The van der Waals surface area contributed by atoms with E-state index in [0.29, 0.717) is 10.8 Å². The van der Waals surface area contributed by atoms with Crippen molar-refractivity contribution >= 4 is 0 Å². The summed E-state index contributed by atoms with van der Waals surface area (Å²) >= 11 is 0. The number of ether oxygens (including phenoxy) is 1. The molecule has 0 aromatic heterocycles. The van der Waals surface area contributed by atoms with Crippen LogP contribution >= 0.6 is 0 Å². The summed E-state index contributed by atoms with van der Waals surface area (Å²) in [5.74, 6) is 1.54. The summed E-state index contributed by atoms with van der Waals surface area (Å²) in [6.45, 7) is 9.77. The smallest absolute Gasteiger partial charge is 0.0547 e. The van der Waals surface area contributed by atoms with E-state index in [-0.39, 0.29) is 0 Å². The molecule has 1 saturated heterocycles. The summed E-state index contributed by atoms with van der Waals surface area (Å²) < 4.78 is 5.38. The molecule has 1 aliphatic carbocycles. The Hall–Kier alpha value is -0.0800. The molecule has 2 fully saturated rings. The van der Waals surface area contributed by atoms with Gasteiger partial charge in [-0.25, -0.2) is 0 Å². The molecule has 2 nitrogen and oxygen atoms in total. The van der Waals surface area contributed by atoms with E-state index in [1.54, 1.807) is 0 Å². The topological polar surface area (TPSA) is 35.2 Å². The van der Waals surface area contributed by atoms with Crippen LogP contribution < -0.4 is 5.73 Å². The first kappa shape index (κ1) is 9.47. The second kappa shape index (κ2) is 2.71. The average molecular weight is 183 g/mol. The second-order valence-electron chi connectivity index (χ2n) is 5.35. The van der Waals surface area contributed by atoms with E-state index < -0.39 is 0 Å². The first-order valence-corrected chi connectivity index (χ1v) is 5.36. The predicted octanol–water partition coefficient (Wildman–Crippen LogP) is 1.64. The molecule has 0 amide bonds. The van der Waals surface area contributed by atoms with E-state index in [0.717, 1.165) is 31.6 Å². The fourth-order valence-corrected chi connectivity index (χ4v) is 3.37. The molecule has 0 bridgehead atoms. The molecule has 1 heterocycles. The molecule has 13 heavy (non-hydrogen) atoms. The van der Waals surface area contributed by atoms with Gasteiger partial charge in [0.15, 0.2) is 0 Å². The summed E-state index contributed by atoms with van der Waals surface area (Å²) in [7, 11) is 0. The summed E-state index contributed by atoms with van der Waals surface area (Å²) in [6, 6.07) is 0. The van der Waals surface area contributed by atoms with Crippen molar-refractivity contribution in [2.75, 3.05) is 19.8 Å². The molecule has 1 saturated carbocycles. The van der Waals surface area contributed by atoms with Gasteiger partial charge in [-0.1, -0.05) is 20.8 Å². The zero-order valence-electron chi connectivity index (χ0n) is 8.97. The van der Waals surface area contributed by atoms with Gasteiger partial charge in [0.2, 0.25) is 0 Å². The lowest BCUT2D eigenvalue weighted by atomic mass is 9.75. The Morgan fingerprint density at radius 3 is 2.23 bits per heavy atom. The molecule has 0 aromatic rings. The van der Waals surface area contributed by atoms with Gasteiger partial charge in [-0.2, -0.15) is 0 Å². The first-order valence-electron chi connectivity index (χ1n) is 5.36. The highest BCUT2D eigenvalue weighted by Gasteiger charge is 2.66. The average Bonchev–Trinajstić information content (AvgIpc) is 2.54. The third kappa shape index (κ3) is 1.08. The van der Waals surface area contributed by atoms with Crippen LogP contribution in [0.4, 0.5) is 0 Å². The van der Waals surface area contributed by atoms with Gasteiger partial charge in [-0.05, 0) is 30.2 Å². The number of hydrogen-bond acceptors (Lipinski definition) is 2. The van der Waals surface area contributed by atoms with E-state index in [1.165, 1.54) is 6.42 Å². The monoisotopic (exact) mass is 183 g/mol. The maximum atomic E-state index is 5.79. The van der Waals surface area contributed by atoms with E-state index in [1.807, 2.05) is 0 Å². The summed E-state index contributed by atoms with van der Waals surface area (Å²) in [4.78, 5) is 0. The van der Waals surface area contributed by atoms with Crippen molar-refractivity contribution < 1.29 is 4.74 Å². The molecule has 0 radical (unpaired) electrons. The quantitative estimate of drug-likeness (QED) is 0.722. The van der Waals surface area contributed by atoms with Crippen LogP contribution in [0, 0.1) is 22.7 Å². The molecule has 2 N–H and O–H groups in total. The minimum atomic E-state index is 0.467. The van der Waals surface area contributed by atoms with E-state index in [9.17, 15) is 0 Å². The standard InChI is InChI=1S/C11H21NO/c1-4-11(6-13-7-11)9-8(5-12)10(9,2)3/h8-9H,4-7,12H2,1-3H3/t8-,9-/m0/s1. The summed E-state index contributed by atoms with van der Waals surface area (Å²) in [5, 5.41) is 0. The lowest BCUT2D eigenvalue weighted by Crippen LogP contribution is -2.45. The fourth-order valence-electron chi connectivity index (χ4n) is 3.37. The van der Waals surface area contributed by atoms with E-state index >= 15 is 0 Å². The Labute approximate surface area is 80.8 Å². The van der Waals surface area contributed by atoms with Gasteiger partial charge < -0.3 is 10.5 Å². The number of rotatable bonds is 3. The maximum absolute atomic E-state index is 5.79. The minimum Gasteiger partial charge on any atom is -0.380 e. The van der Waals surface area contributed by atoms with Gasteiger partial charge in [0.05, 0.1) is 13.2 Å². The highest BCUT2D eigenvalue weighted by atomic mass is 16.5. The first-order chi connectivity index (χ1) is 6.08. The van der Waals surface area contributed by atoms with Crippen LogP contribution in [0.15, 0.2) is 0 Å². The predicted molar refractivity (Wildman–Crippen MR) is 53.4 cm³/mol. The van der Waals surface area contributed by atoms with Crippen LogP contribution in [0.2, 0.25) is 0 Å². The van der Waals surface area contributed by atoms with Gasteiger partial charge in [0.25, 0.3) is 0 Å². The van der Waals surface area contributed by atoms with Crippen LogP contribution in [0.25, 0.3) is 0 Å². The van der Waals surface area contributed by atoms with Crippen molar-refractivity contribution in [1.82, 2.24) is 0 Å². The van der Waals surface area contributed by atoms with Crippen LogP contribution in [0.5, 0.6) is 0 Å². The van der Waals surface area contributed by atoms with Crippen LogP contribution in [-0.4, -0.2) is 19.8 Å². The molecule has 76 valence electrons. The van der Waals surface area contributed by atoms with E-state index in [4.69, 9.17) is 10.5 Å². The molecule has 2 aliphatic rings. The molecular formula is C11H21NO. The fraction of sp³-hybridized carbons (Fsp3) is 1.00. The van der Waals surface area contributed by atoms with E-state index in [2.05, 4.69) is 20.8 Å². The van der Waals surface area contributed by atoms with Crippen molar-refractivity contribution in [3.05, 3.63) is 0 Å². The lowest BCUT2D eigenvalue weighted by Gasteiger charge is -2.42. The van der Waals surface area contributed by atoms with Gasteiger partial charge in [-0.3, -0.25) is 0 Å². The van der Waals surface area contributed by atoms with Crippen molar-refractivity contribution in [1.29, 1.82) is 0 Å². The Morgan fingerprint density at radius 2 is 2.00 bits per heavy atom. The van der Waals surface area contributed by atoms with Gasteiger partial charge in [0.1, 0.15) is 0 Å². The van der Waals surface area contributed by atoms with Crippen LogP contribution in [-0.2, 0) is 4.74 Å². The van der Waals surface area contributed by atoms with Crippen LogP contribution in [0.3, 0.4) is 0 Å². The Balaban J connectivity index is 2.10. The molecule has 2 atom stereocenters. The third-order valence-corrected chi connectivity index (χ3v) is 4.45. The van der Waals surface area contributed by atoms with Crippen molar-refractivity contribution in [3.8, 4) is 0 Å². The largest absolute Gasteiger partial charge is 0.380 e. The van der Waals surface area contributed by atoms with Gasteiger partial charge in [0, 0.05) is 5.41 Å². The van der Waals surface area contributed by atoms with Gasteiger partial charge >= 0.3 is 0 Å². The second-order valence-corrected chi connectivity index (χ2v) is 5.35. The maximum Gasteiger partial charge on any atom is 0.0547 e. The van der Waals surface area contributed by atoms with Crippen molar-refractivity contribution in [2.24, 2.45) is 28.4 Å². The minimum absolute atomic E-state index is 0.467. The third-order valence-electron chi connectivity index (χ3n) is 4.45. The molecule has 1 aliphatic heterocycles. The highest BCUT2D eigenvalue weighted by molar-refractivity contribution is 5.14.